The van der Waals surface area contributed by atoms with E-state index in [1.54, 1.807) is 90.1 Å². The van der Waals surface area contributed by atoms with Gasteiger partial charge in [-0.15, -0.1) is 0 Å². The van der Waals surface area contributed by atoms with Crippen molar-refractivity contribution in [3.8, 4) is 5.69 Å². The summed E-state index contributed by atoms with van der Waals surface area (Å²) in [7, 11) is 0. The summed E-state index contributed by atoms with van der Waals surface area (Å²) in [4.78, 5) is 38.6. The molecule has 1 aromatic heterocycles. The molecule has 282 valence electrons. The number of benzene rings is 3. The van der Waals surface area contributed by atoms with Crippen molar-refractivity contribution in [3.63, 3.8) is 0 Å². The van der Waals surface area contributed by atoms with E-state index in [-0.39, 0.29) is 17.9 Å². The minimum Gasteiger partial charge on any atom is -0.456 e. The number of alkyl carbamates (subject to hydrolysis) is 1. The standard InChI is InChI=1S/C39H45F3N6O5/c1-37(2,3)52-35(50)26-15-16-29(30(43)19-26)33(44-21-23-13-14-23)25-10-8-11-27(18-25)46-34(49)31-20-32(39(40,41)42)47-48(31)28-12-7-9-24(17-28)22-45-36(51)53-38(4,5)6/h7-12,15-20,23,33,44H,13-14,21-22,43H2,1-6H3,(H,45,51)(H,46,49). The van der Waals surface area contributed by atoms with Crippen molar-refractivity contribution >= 4 is 29.3 Å². The van der Waals surface area contributed by atoms with Crippen LogP contribution in [0.5, 0.6) is 0 Å². The molecule has 0 bridgehead atoms. The van der Waals surface area contributed by atoms with Gasteiger partial charge in [-0.25, -0.2) is 14.3 Å². The first-order valence-corrected chi connectivity index (χ1v) is 17.3. The minimum absolute atomic E-state index is 0.0225. The molecule has 4 aromatic rings. The molecule has 0 saturated heterocycles. The largest absolute Gasteiger partial charge is 0.456 e. The maximum absolute atomic E-state index is 13.9. The Balaban J connectivity index is 1.41. The zero-order valence-electron chi connectivity index (χ0n) is 30.6. The van der Waals surface area contributed by atoms with Crippen molar-refractivity contribution in [1.82, 2.24) is 20.4 Å². The number of nitrogens with one attached hydrogen (secondary N) is 3. The number of carbonyl (C=O) groups is 3. The van der Waals surface area contributed by atoms with E-state index < -0.39 is 47.1 Å². The van der Waals surface area contributed by atoms with Crippen LogP contribution in [0, 0.1) is 5.92 Å². The number of amides is 2. The molecule has 1 saturated carbocycles. The van der Waals surface area contributed by atoms with Crippen LogP contribution >= 0.6 is 0 Å². The molecular formula is C39H45F3N6O5. The molecule has 1 unspecified atom stereocenters. The van der Waals surface area contributed by atoms with Crippen LogP contribution in [0.4, 0.5) is 29.3 Å². The van der Waals surface area contributed by atoms with Crippen molar-refractivity contribution in [2.75, 3.05) is 17.6 Å². The van der Waals surface area contributed by atoms with Gasteiger partial charge in [0.1, 0.15) is 16.9 Å². The van der Waals surface area contributed by atoms with Gasteiger partial charge in [0, 0.05) is 24.0 Å². The van der Waals surface area contributed by atoms with Gasteiger partial charge in [0.15, 0.2) is 5.69 Å². The molecule has 1 fully saturated rings. The first-order chi connectivity index (χ1) is 24.8. The molecule has 0 radical (unpaired) electrons. The van der Waals surface area contributed by atoms with Crippen LogP contribution in [-0.4, -0.2) is 45.5 Å². The topological polar surface area (TPSA) is 150 Å². The van der Waals surface area contributed by atoms with E-state index in [9.17, 15) is 27.6 Å². The number of hydrogen-bond acceptors (Lipinski definition) is 8. The van der Waals surface area contributed by atoms with Crippen molar-refractivity contribution in [3.05, 3.63) is 106 Å². The summed E-state index contributed by atoms with van der Waals surface area (Å²) in [5, 5.41) is 12.6. The van der Waals surface area contributed by atoms with E-state index in [1.165, 1.54) is 12.1 Å². The number of alkyl halides is 3. The van der Waals surface area contributed by atoms with E-state index in [4.69, 9.17) is 15.2 Å². The van der Waals surface area contributed by atoms with Gasteiger partial charge in [0.25, 0.3) is 5.91 Å². The lowest BCUT2D eigenvalue weighted by molar-refractivity contribution is -0.141. The maximum Gasteiger partial charge on any atom is 0.435 e. The Morgan fingerprint density at radius 1 is 0.906 bits per heavy atom. The highest BCUT2D eigenvalue weighted by molar-refractivity contribution is 6.03. The second-order valence-corrected chi connectivity index (χ2v) is 15.1. The third-order valence-corrected chi connectivity index (χ3v) is 8.04. The fourth-order valence-corrected chi connectivity index (χ4v) is 5.47. The molecule has 1 aliphatic carbocycles. The Morgan fingerprint density at radius 3 is 2.25 bits per heavy atom. The van der Waals surface area contributed by atoms with Gasteiger partial charge in [-0.1, -0.05) is 30.3 Å². The molecule has 3 aromatic carbocycles. The zero-order valence-corrected chi connectivity index (χ0v) is 30.6. The first-order valence-electron chi connectivity index (χ1n) is 17.3. The molecule has 0 spiro atoms. The molecule has 2 amide bonds. The Morgan fingerprint density at radius 2 is 1.60 bits per heavy atom. The molecule has 5 rings (SSSR count). The van der Waals surface area contributed by atoms with Crippen LogP contribution in [0.25, 0.3) is 5.69 Å². The molecule has 1 aliphatic rings. The second kappa shape index (κ2) is 15.3. The van der Waals surface area contributed by atoms with E-state index >= 15 is 0 Å². The molecular weight excluding hydrogens is 689 g/mol. The number of esters is 1. The Kier molecular flexibility index (Phi) is 11.2. The van der Waals surface area contributed by atoms with Gasteiger partial charge in [-0.3, -0.25) is 4.79 Å². The third-order valence-electron chi connectivity index (χ3n) is 8.04. The highest BCUT2D eigenvalue weighted by Gasteiger charge is 2.36. The average Bonchev–Trinajstić information content (AvgIpc) is 3.76. The summed E-state index contributed by atoms with van der Waals surface area (Å²) in [6, 6.07) is 18.5. The van der Waals surface area contributed by atoms with Gasteiger partial charge in [0.05, 0.1) is 17.3 Å². The number of carbonyl (C=O) groups excluding carboxylic acids is 3. The maximum atomic E-state index is 13.9. The fourth-order valence-electron chi connectivity index (χ4n) is 5.47. The molecule has 14 heteroatoms. The summed E-state index contributed by atoms with van der Waals surface area (Å²) in [6.45, 7) is 11.2. The molecule has 53 heavy (non-hydrogen) atoms. The van der Waals surface area contributed by atoms with E-state index in [0.29, 0.717) is 46.6 Å². The van der Waals surface area contributed by atoms with E-state index in [0.717, 1.165) is 23.1 Å². The van der Waals surface area contributed by atoms with Crippen LogP contribution in [0.15, 0.2) is 72.8 Å². The van der Waals surface area contributed by atoms with Crippen LogP contribution in [0.2, 0.25) is 0 Å². The number of halogens is 3. The van der Waals surface area contributed by atoms with E-state index in [2.05, 4.69) is 21.0 Å². The molecule has 1 atom stereocenters. The lowest BCUT2D eigenvalue weighted by Crippen LogP contribution is -2.32. The van der Waals surface area contributed by atoms with Crippen molar-refractivity contribution in [1.29, 1.82) is 0 Å². The SMILES string of the molecule is CC(C)(C)OC(=O)NCc1cccc(-n2nc(C(F)(F)F)cc2C(=O)Nc2cccc(C(NCC3CC3)c3ccc(C(=O)OC(C)(C)C)cc3N)c2)c1. The normalized spacial score (nSPS) is 14.0. The first kappa shape index (κ1) is 38.9. The van der Waals surface area contributed by atoms with Crippen LogP contribution in [-0.2, 0) is 22.2 Å². The third kappa shape index (κ3) is 10.8. The molecule has 11 nitrogen and oxygen atoms in total. The van der Waals surface area contributed by atoms with Crippen molar-refractivity contribution in [2.24, 2.45) is 5.92 Å². The number of ether oxygens (including phenoxy) is 2. The highest BCUT2D eigenvalue weighted by atomic mass is 19.4. The lowest BCUT2D eigenvalue weighted by atomic mass is 9.95. The number of nitrogen functional groups attached to an aromatic ring is 1. The van der Waals surface area contributed by atoms with Crippen molar-refractivity contribution < 1.29 is 37.0 Å². The summed E-state index contributed by atoms with van der Waals surface area (Å²) in [5.41, 5.74) is 6.66. The number of anilines is 2. The predicted octanol–water partition coefficient (Wildman–Crippen LogP) is 7.79. The predicted molar refractivity (Wildman–Crippen MR) is 195 cm³/mol. The van der Waals surface area contributed by atoms with Crippen LogP contribution in [0.1, 0.15) is 104 Å². The Bertz CT molecular complexity index is 1970. The zero-order chi connectivity index (χ0) is 38.7. The molecule has 1 heterocycles. The highest BCUT2D eigenvalue weighted by Crippen LogP contribution is 2.34. The van der Waals surface area contributed by atoms with E-state index in [1.807, 2.05) is 6.07 Å². The van der Waals surface area contributed by atoms with Crippen LogP contribution < -0.4 is 21.7 Å². The minimum atomic E-state index is -4.82. The smallest absolute Gasteiger partial charge is 0.435 e. The van der Waals surface area contributed by atoms with Gasteiger partial charge in [-0.05, 0) is 120 Å². The summed E-state index contributed by atoms with van der Waals surface area (Å²) in [6.07, 6.45) is -3.29. The number of hydrogen-bond donors (Lipinski definition) is 4. The lowest BCUT2D eigenvalue weighted by Gasteiger charge is -2.23. The quantitative estimate of drug-likeness (QED) is 0.0901. The van der Waals surface area contributed by atoms with Gasteiger partial charge in [-0.2, -0.15) is 18.3 Å². The summed E-state index contributed by atoms with van der Waals surface area (Å²) < 4.78 is 53.4. The summed E-state index contributed by atoms with van der Waals surface area (Å²) in [5.74, 6) is -0.816. The number of aromatic nitrogens is 2. The number of nitrogens with two attached hydrogens (primary N) is 1. The second-order valence-electron chi connectivity index (χ2n) is 15.1. The van der Waals surface area contributed by atoms with Gasteiger partial charge >= 0.3 is 18.2 Å². The molecule has 5 N–H and O–H groups in total. The Hall–Kier alpha value is -5.37. The van der Waals surface area contributed by atoms with Gasteiger partial charge < -0.3 is 31.2 Å². The Labute approximate surface area is 306 Å². The average molecular weight is 735 g/mol. The van der Waals surface area contributed by atoms with Crippen LogP contribution in [0.3, 0.4) is 0 Å². The number of rotatable bonds is 11. The summed E-state index contributed by atoms with van der Waals surface area (Å²) >= 11 is 0. The van der Waals surface area contributed by atoms with Crippen molar-refractivity contribution in [2.45, 2.75) is 84.3 Å². The fraction of sp³-hybridized carbons (Fsp3) is 0.385. The number of nitrogens with zero attached hydrogens (tertiary/aromatic N) is 2. The molecule has 0 aliphatic heterocycles. The monoisotopic (exact) mass is 734 g/mol. The van der Waals surface area contributed by atoms with Gasteiger partial charge in [0.2, 0.25) is 0 Å².